The first-order valence-corrected chi connectivity index (χ1v) is 7.24. The molecule has 0 aliphatic heterocycles. The molecule has 0 saturated heterocycles. The van der Waals surface area contributed by atoms with Gasteiger partial charge in [-0.2, -0.15) is 0 Å². The number of para-hydroxylation sites is 1. The Morgan fingerprint density at radius 3 is 2.76 bits per heavy atom. The molecule has 2 aromatic rings. The topological polar surface area (TPSA) is 42.4 Å². The SMILES string of the molecule is COCCN(CC(C)C)c1nc2ccccc2cc1C=O. The van der Waals surface area contributed by atoms with Crippen LogP contribution in [0.4, 0.5) is 5.82 Å². The van der Waals surface area contributed by atoms with Gasteiger partial charge in [0, 0.05) is 25.6 Å². The number of carbonyl (C=O) groups is 1. The number of aldehydes is 1. The highest BCUT2D eigenvalue weighted by Gasteiger charge is 2.15. The Hall–Kier alpha value is -1.94. The van der Waals surface area contributed by atoms with E-state index in [1.54, 1.807) is 7.11 Å². The van der Waals surface area contributed by atoms with Crippen LogP contribution in [-0.4, -0.2) is 38.1 Å². The summed E-state index contributed by atoms with van der Waals surface area (Å²) in [7, 11) is 1.68. The lowest BCUT2D eigenvalue weighted by atomic mass is 10.1. The minimum absolute atomic E-state index is 0.481. The number of ether oxygens (including phenoxy) is 1. The summed E-state index contributed by atoms with van der Waals surface area (Å²) < 4.78 is 5.18. The standard InChI is InChI=1S/C17H22N2O2/c1-13(2)11-19(8-9-21-3)17-15(12-20)10-14-6-4-5-7-16(14)18-17/h4-7,10,12-13H,8-9,11H2,1-3H3. The van der Waals surface area contributed by atoms with Gasteiger partial charge in [-0.05, 0) is 18.1 Å². The number of nitrogens with zero attached hydrogens (tertiary/aromatic N) is 2. The monoisotopic (exact) mass is 286 g/mol. The summed E-state index contributed by atoms with van der Waals surface area (Å²) in [6.45, 7) is 6.48. The third kappa shape index (κ3) is 3.79. The second-order valence-corrected chi connectivity index (χ2v) is 5.54. The van der Waals surface area contributed by atoms with Gasteiger partial charge in [-0.25, -0.2) is 4.98 Å². The van der Waals surface area contributed by atoms with E-state index in [-0.39, 0.29) is 0 Å². The number of rotatable bonds is 7. The lowest BCUT2D eigenvalue weighted by Crippen LogP contribution is -2.32. The second-order valence-electron chi connectivity index (χ2n) is 5.54. The van der Waals surface area contributed by atoms with Crippen molar-refractivity contribution in [3.8, 4) is 0 Å². The molecule has 0 aliphatic rings. The molecule has 0 atom stereocenters. The van der Waals surface area contributed by atoms with Crippen LogP contribution in [0, 0.1) is 5.92 Å². The predicted molar refractivity (Wildman–Crippen MR) is 86.1 cm³/mol. The summed E-state index contributed by atoms with van der Waals surface area (Å²) in [5, 5.41) is 0.986. The Balaban J connectivity index is 2.45. The summed E-state index contributed by atoms with van der Waals surface area (Å²) in [4.78, 5) is 18.3. The second kappa shape index (κ2) is 7.18. The maximum Gasteiger partial charge on any atom is 0.153 e. The van der Waals surface area contributed by atoms with Crippen molar-refractivity contribution >= 4 is 23.0 Å². The highest BCUT2D eigenvalue weighted by atomic mass is 16.5. The van der Waals surface area contributed by atoms with Crippen molar-refractivity contribution in [2.75, 3.05) is 31.7 Å². The van der Waals surface area contributed by atoms with Crippen molar-refractivity contribution < 1.29 is 9.53 Å². The minimum Gasteiger partial charge on any atom is -0.383 e. The molecule has 0 N–H and O–H groups in total. The van der Waals surface area contributed by atoms with Crippen molar-refractivity contribution in [1.82, 2.24) is 4.98 Å². The van der Waals surface area contributed by atoms with Crippen LogP contribution in [0.5, 0.6) is 0 Å². The highest BCUT2D eigenvalue weighted by molar-refractivity contribution is 5.91. The zero-order valence-electron chi connectivity index (χ0n) is 12.9. The van der Waals surface area contributed by atoms with Crippen molar-refractivity contribution in [2.24, 2.45) is 5.92 Å². The van der Waals surface area contributed by atoms with E-state index >= 15 is 0 Å². The molecule has 0 amide bonds. The summed E-state index contributed by atoms with van der Waals surface area (Å²) in [5.74, 6) is 1.23. The van der Waals surface area contributed by atoms with Gasteiger partial charge in [-0.15, -0.1) is 0 Å². The molecule has 0 radical (unpaired) electrons. The van der Waals surface area contributed by atoms with E-state index in [2.05, 4.69) is 18.7 Å². The van der Waals surface area contributed by atoms with Crippen LogP contribution >= 0.6 is 0 Å². The quantitative estimate of drug-likeness (QED) is 0.733. The molecule has 0 aliphatic carbocycles. The summed E-state index contributed by atoms with van der Waals surface area (Å²) in [6, 6.07) is 9.76. The fourth-order valence-electron chi connectivity index (χ4n) is 2.39. The average Bonchev–Trinajstić information content (AvgIpc) is 2.49. The van der Waals surface area contributed by atoms with Crippen molar-refractivity contribution in [1.29, 1.82) is 0 Å². The van der Waals surface area contributed by atoms with Gasteiger partial charge in [0.15, 0.2) is 6.29 Å². The first kappa shape index (κ1) is 15.4. The number of carbonyl (C=O) groups excluding carboxylic acids is 1. The van der Waals surface area contributed by atoms with Crippen LogP contribution in [0.1, 0.15) is 24.2 Å². The minimum atomic E-state index is 0.481. The van der Waals surface area contributed by atoms with Gasteiger partial charge < -0.3 is 9.64 Å². The van der Waals surface area contributed by atoms with Crippen LogP contribution in [0.2, 0.25) is 0 Å². The molecule has 0 fully saturated rings. The van der Waals surface area contributed by atoms with Crippen LogP contribution in [-0.2, 0) is 4.74 Å². The fraction of sp³-hybridized carbons (Fsp3) is 0.412. The van der Waals surface area contributed by atoms with Crippen LogP contribution < -0.4 is 4.90 Å². The van der Waals surface area contributed by atoms with E-state index < -0.39 is 0 Å². The largest absolute Gasteiger partial charge is 0.383 e. The summed E-state index contributed by atoms with van der Waals surface area (Å²) >= 11 is 0. The van der Waals surface area contributed by atoms with Gasteiger partial charge in [0.2, 0.25) is 0 Å². The average molecular weight is 286 g/mol. The number of aromatic nitrogens is 1. The Kier molecular flexibility index (Phi) is 5.28. The van der Waals surface area contributed by atoms with Crippen LogP contribution in [0.15, 0.2) is 30.3 Å². The lowest BCUT2D eigenvalue weighted by molar-refractivity contribution is 0.112. The normalized spacial score (nSPS) is 11.0. The molecule has 4 nitrogen and oxygen atoms in total. The number of anilines is 1. The molecule has 1 aromatic carbocycles. The van der Waals surface area contributed by atoms with Gasteiger partial charge in [-0.3, -0.25) is 4.79 Å². The Morgan fingerprint density at radius 2 is 2.10 bits per heavy atom. The molecule has 0 bridgehead atoms. The number of fused-ring (bicyclic) bond motifs is 1. The van der Waals surface area contributed by atoms with E-state index in [4.69, 9.17) is 9.72 Å². The van der Waals surface area contributed by atoms with E-state index in [9.17, 15) is 4.79 Å². The van der Waals surface area contributed by atoms with Crippen molar-refractivity contribution in [2.45, 2.75) is 13.8 Å². The molecule has 21 heavy (non-hydrogen) atoms. The molecular weight excluding hydrogens is 264 g/mol. The molecule has 2 rings (SSSR count). The molecule has 0 saturated carbocycles. The third-order valence-corrected chi connectivity index (χ3v) is 3.31. The lowest BCUT2D eigenvalue weighted by Gasteiger charge is -2.26. The van der Waals surface area contributed by atoms with Crippen LogP contribution in [0.3, 0.4) is 0 Å². The molecule has 0 unspecified atom stereocenters. The van der Waals surface area contributed by atoms with Crippen molar-refractivity contribution in [3.63, 3.8) is 0 Å². The zero-order chi connectivity index (χ0) is 15.2. The van der Waals surface area contributed by atoms with Gasteiger partial charge in [0.25, 0.3) is 0 Å². The van der Waals surface area contributed by atoms with Crippen LogP contribution in [0.25, 0.3) is 10.9 Å². The first-order valence-electron chi connectivity index (χ1n) is 7.24. The number of pyridine rings is 1. The summed E-state index contributed by atoms with van der Waals surface area (Å²) in [6.07, 6.45) is 0.884. The van der Waals surface area contributed by atoms with E-state index in [0.717, 1.165) is 36.1 Å². The molecule has 112 valence electrons. The number of hydrogen-bond acceptors (Lipinski definition) is 4. The fourth-order valence-corrected chi connectivity index (χ4v) is 2.39. The molecular formula is C17H22N2O2. The molecule has 1 heterocycles. The Morgan fingerprint density at radius 1 is 1.33 bits per heavy atom. The Bertz CT molecular complexity index is 611. The zero-order valence-corrected chi connectivity index (χ0v) is 12.9. The van der Waals surface area contributed by atoms with E-state index in [0.29, 0.717) is 18.1 Å². The molecule has 4 heteroatoms. The maximum atomic E-state index is 11.4. The van der Waals surface area contributed by atoms with Gasteiger partial charge in [0.05, 0.1) is 17.7 Å². The summed E-state index contributed by atoms with van der Waals surface area (Å²) in [5.41, 5.74) is 1.54. The van der Waals surface area contributed by atoms with E-state index in [1.807, 2.05) is 30.3 Å². The third-order valence-electron chi connectivity index (χ3n) is 3.31. The van der Waals surface area contributed by atoms with E-state index in [1.165, 1.54) is 0 Å². The predicted octanol–water partition coefficient (Wildman–Crippen LogP) is 3.16. The number of hydrogen-bond donors (Lipinski definition) is 0. The number of benzene rings is 1. The van der Waals surface area contributed by atoms with Gasteiger partial charge >= 0.3 is 0 Å². The number of methoxy groups -OCH3 is 1. The van der Waals surface area contributed by atoms with Gasteiger partial charge in [0.1, 0.15) is 5.82 Å². The van der Waals surface area contributed by atoms with Gasteiger partial charge in [-0.1, -0.05) is 32.0 Å². The maximum absolute atomic E-state index is 11.4. The smallest absolute Gasteiger partial charge is 0.153 e. The Labute approximate surface area is 125 Å². The van der Waals surface area contributed by atoms with Crippen molar-refractivity contribution in [3.05, 3.63) is 35.9 Å². The highest BCUT2D eigenvalue weighted by Crippen LogP contribution is 2.23. The molecule has 0 spiro atoms. The molecule has 1 aromatic heterocycles. The first-order chi connectivity index (χ1) is 10.2.